The average Bonchev–Trinajstić information content (AvgIpc) is 2.46. The van der Waals surface area contributed by atoms with Gasteiger partial charge in [0.15, 0.2) is 0 Å². The van der Waals surface area contributed by atoms with Crippen molar-refractivity contribution in [2.75, 3.05) is 13.1 Å². The van der Waals surface area contributed by atoms with E-state index in [2.05, 4.69) is 0 Å². The predicted molar refractivity (Wildman–Crippen MR) is 47.5 cm³/mol. The summed E-state index contributed by atoms with van der Waals surface area (Å²) in [5.74, 6) is -0.761. The Morgan fingerprint density at radius 2 is 2.38 bits per heavy atom. The van der Waals surface area contributed by atoms with Crippen molar-refractivity contribution in [1.82, 2.24) is 4.90 Å². The van der Waals surface area contributed by atoms with Gasteiger partial charge < -0.3 is 16.4 Å². The molecule has 0 aromatic rings. The molecule has 0 aromatic carbocycles. The van der Waals surface area contributed by atoms with Crippen LogP contribution in [0.15, 0.2) is 0 Å². The molecule has 0 aliphatic carbocycles. The van der Waals surface area contributed by atoms with Crippen LogP contribution in [0, 0.1) is 5.92 Å². The van der Waals surface area contributed by atoms with Crippen LogP contribution in [0.2, 0.25) is 0 Å². The number of amides is 2. The van der Waals surface area contributed by atoms with Gasteiger partial charge in [-0.15, -0.1) is 0 Å². The van der Waals surface area contributed by atoms with Crippen molar-refractivity contribution in [3.8, 4) is 0 Å². The summed E-state index contributed by atoms with van der Waals surface area (Å²) in [5, 5.41) is 0. The molecule has 1 saturated heterocycles. The number of nitrogens with two attached hydrogens (primary N) is 2. The van der Waals surface area contributed by atoms with E-state index >= 15 is 0 Å². The minimum absolute atomic E-state index is 0.00292. The fraction of sp³-hybridized carbons (Fsp3) is 0.750. The molecule has 5 heteroatoms. The molecule has 1 heterocycles. The average molecular weight is 185 g/mol. The number of rotatable bonds is 3. The Balaban J connectivity index is 2.61. The second kappa shape index (κ2) is 3.74. The van der Waals surface area contributed by atoms with Crippen LogP contribution in [0.4, 0.5) is 0 Å². The maximum atomic E-state index is 11.4. The van der Waals surface area contributed by atoms with Crippen molar-refractivity contribution in [3.63, 3.8) is 0 Å². The normalized spacial score (nSPS) is 24.9. The maximum Gasteiger partial charge on any atom is 0.223 e. The number of hydrogen-bond donors (Lipinski definition) is 2. The first-order valence-corrected chi connectivity index (χ1v) is 4.35. The summed E-state index contributed by atoms with van der Waals surface area (Å²) >= 11 is 0. The highest BCUT2D eigenvalue weighted by molar-refractivity contribution is 5.88. The Labute approximate surface area is 77.1 Å². The van der Waals surface area contributed by atoms with E-state index in [1.54, 1.807) is 4.90 Å². The molecule has 4 N–H and O–H groups in total. The molecule has 0 spiro atoms. The van der Waals surface area contributed by atoms with E-state index < -0.39 is 5.91 Å². The van der Waals surface area contributed by atoms with E-state index in [0.717, 1.165) is 0 Å². The first-order valence-electron chi connectivity index (χ1n) is 4.35. The number of carbonyl (C=O) groups is 2. The van der Waals surface area contributed by atoms with Crippen LogP contribution in [0.3, 0.4) is 0 Å². The quantitative estimate of drug-likeness (QED) is 0.570. The Morgan fingerprint density at radius 3 is 2.77 bits per heavy atom. The highest BCUT2D eigenvalue weighted by Crippen LogP contribution is 2.19. The van der Waals surface area contributed by atoms with Gasteiger partial charge in [0.2, 0.25) is 11.8 Å². The van der Waals surface area contributed by atoms with Gasteiger partial charge in [-0.3, -0.25) is 9.59 Å². The van der Waals surface area contributed by atoms with E-state index in [1.165, 1.54) is 0 Å². The standard InChI is InChI=1S/C8H15N3O2/c1-5(3-9)11-4-6(8(10)13)2-7(11)12/h5-6H,2-4,9H2,1H3,(H2,10,13). The Kier molecular flexibility index (Phi) is 2.87. The monoisotopic (exact) mass is 185 g/mol. The summed E-state index contributed by atoms with van der Waals surface area (Å²) in [6, 6.07) is -0.00292. The first-order chi connectivity index (χ1) is 6.06. The first kappa shape index (κ1) is 9.98. The summed E-state index contributed by atoms with van der Waals surface area (Å²) in [6.45, 7) is 2.70. The minimum atomic E-state index is -0.403. The number of carbonyl (C=O) groups excluding carboxylic acids is 2. The zero-order chi connectivity index (χ0) is 10.0. The van der Waals surface area contributed by atoms with Crippen LogP contribution in [-0.2, 0) is 9.59 Å². The molecule has 74 valence electrons. The highest BCUT2D eigenvalue weighted by atomic mass is 16.2. The van der Waals surface area contributed by atoms with Gasteiger partial charge in [-0.1, -0.05) is 0 Å². The molecule has 1 fully saturated rings. The zero-order valence-corrected chi connectivity index (χ0v) is 7.69. The van der Waals surface area contributed by atoms with Gasteiger partial charge in [0.05, 0.1) is 5.92 Å². The predicted octanol–water partition coefficient (Wildman–Crippen LogP) is -1.33. The topological polar surface area (TPSA) is 89.4 Å². The molecule has 0 bridgehead atoms. The third-order valence-electron chi connectivity index (χ3n) is 2.43. The van der Waals surface area contributed by atoms with Gasteiger partial charge in [-0.2, -0.15) is 0 Å². The van der Waals surface area contributed by atoms with Crippen LogP contribution in [0.1, 0.15) is 13.3 Å². The molecular weight excluding hydrogens is 170 g/mol. The molecule has 2 unspecified atom stereocenters. The molecule has 0 saturated carbocycles. The van der Waals surface area contributed by atoms with Gasteiger partial charge in [0.1, 0.15) is 0 Å². The number of nitrogens with zero attached hydrogens (tertiary/aromatic N) is 1. The fourth-order valence-electron chi connectivity index (χ4n) is 1.48. The number of primary amides is 1. The third-order valence-corrected chi connectivity index (χ3v) is 2.43. The SMILES string of the molecule is CC(CN)N1CC(C(N)=O)CC1=O. The van der Waals surface area contributed by atoms with Crippen LogP contribution in [0.5, 0.6) is 0 Å². The summed E-state index contributed by atoms with van der Waals surface area (Å²) in [7, 11) is 0. The molecule has 2 atom stereocenters. The van der Waals surface area contributed by atoms with Gasteiger partial charge in [0.25, 0.3) is 0 Å². The number of likely N-dealkylation sites (tertiary alicyclic amines) is 1. The molecule has 1 aliphatic rings. The van der Waals surface area contributed by atoms with Gasteiger partial charge in [-0.05, 0) is 6.92 Å². The number of hydrogen-bond acceptors (Lipinski definition) is 3. The van der Waals surface area contributed by atoms with Crippen LogP contribution < -0.4 is 11.5 Å². The molecule has 1 rings (SSSR count). The molecule has 5 nitrogen and oxygen atoms in total. The lowest BCUT2D eigenvalue weighted by Gasteiger charge is -2.22. The Hall–Kier alpha value is -1.10. The van der Waals surface area contributed by atoms with E-state index in [-0.39, 0.29) is 24.3 Å². The fourth-order valence-corrected chi connectivity index (χ4v) is 1.48. The molecule has 13 heavy (non-hydrogen) atoms. The Bertz CT molecular complexity index is 229. The Morgan fingerprint density at radius 1 is 1.77 bits per heavy atom. The van der Waals surface area contributed by atoms with Crippen molar-refractivity contribution < 1.29 is 9.59 Å². The van der Waals surface area contributed by atoms with Crippen LogP contribution >= 0.6 is 0 Å². The largest absolute Gasteiger partial charge is 0.369 e. The maximum absolute atomic E-state index is 11.4. The van der Waals surface area contributed by atoms with E-state index in [0.29, 0.717) is 13.1 Å². The summed E-state index contributed by atoms with van der Waals surface area (Å²) < 4.78 is 0. The molecule has 0 radical (unpaired) electrons. The van der Waals surface area contributed by atoms with Gasteiger partial charge >= 0.3 is 0 Å². The van der Waals surface area contributed by atoms with E-state index in [1.807, 2.05) is 6.92 Å². The summed E-state index contributed by atoms with van der Waals surface area (Å²) in [5.41, 5.74) is 10.5. The van der Waals surface area contributed by atoms with Crippen molar-refractivity contribution in [3.05, 3.63) is 0 Å². The molecule has 1 aliphatic heterocycles. The van der Waals surface area contributed by atoms with Crippen molar-refractivity contribution in [2.24, 2.45) is 17.4 Å². The lowest BCUT2D eigenvalue weighted by atomic mass is 10.1. The van der Waals surface area contributed by atoms with Gasteiger partial charge in [0, 0.05) is 25.6 Å². The highest BCUT2D eigenvalue weighted by Gasteiger charge is 2.34. The van der Waals surface area contributed by atoms with Crippen molar-refractivity contribution in [2.45, 2.75) is 19.4 Å². The molecule has 2 amide bonds. The lowest BCUT2D eigenvalue weighted by molar-refractivity contribution is -0.129. The summed E-state index contributed by atoms with van der Waals surface area (Å²) in [6.07, 6.45) is 0.236. The summed E-state index contributed by atoms with van der Waals surface area (Å²) in [4.78, 5) is 23.8. The smallest absolute Gasteiger partial charge is 0.223 e. The van der Waals surface area contributed by atoms with Crippen LogP contribution in [0.25, 0.3) is 0 Å². The van der Waals surface area contributed by atoms with E-state index in [4.69, 9.17) is 11.5 Å². The second-order valence-electron chi connectivity index (χ2n) is 3.43. The zero-order valence-electron chi connectivity index (χ0n) is 7.69. The third kappa shape index (κ3) is 1.98. The molecular formula is C8H15N3O2. The lowest BCUT2D eigenvalue weighted by Crippen LogP contribution is -2.40. The van der Waals surface area contributed by atoms with Crippen molar-refractivity contribution >= 4 is 11.8 Å². The van der Waals surface area contributed by atoms with Crippen LogP contribution in [-0.4, -0.2) is 35.8 Å². The second-order valence-corrected chi connectivity index (χ2v) is 3.43. The minimum Gasteiger partial charge on any atom is -0.369 e. The van der Waals surface area contributed by atoms with Gasteiger partial charge in [-0.25, -0.2) is 0 Å². The van der Waals surface area contributed by atoms with E-state index in [9.17, 15) is 9.59 Å². The van der Waals surface area contributed by atoms with Crippen molar-refractivity contribution in [1.29, 1.82) is 0 Å². The molecule has 0 aromatic heterocycles.